The summed E-state index contributed by atoms with van der Waals surface area (Å²) in [5, 5.41) is 0. The van der Waals surface area contributed by atoms with Gasteiger partial charge in [-0.2, -0.15) is 0 Å². The fourth-order valence-electron chi connectivity index (χ4n) is 5.98. The number of carbonyl (C=O) groups excluding carboxylic acids is 2. The van der Waals surface area contributed by atoms with Crippen molar-refractivity contribution in [2.24, 2.45) is 41.4 Å². The molecule has 5 aliphatic rings. The Balaban J connectivity index is 1.38. The SMILES string of the molecule is O=C1C2C3C=CC(C3)C2C(=O)N1CC1CC2CCC1C2. The molecule has 0 aromatic heterocycles. The lowest BCUT2D eigenvalue weighted by molar-refractivity contribution is -0.141. The van der Waals surface area contributed by atoms with Gasteiger partial charge in [0.25, 0.3) is 0 Å². The van der Waals surface area contributed by atoms with Crippen molar-refractivity contribution in [2.45, 2.75) is 32.1 Å². The average Bonchev–Trinajstić information content (AvgIpc) is 3.21. The molecule has 4 fully saturated rings. The Morgan fingerprint density at radius 3 is 2.20 bits per heavy atom. The molecule has 20 heavy (non-hydrogen) atoms. The van der Waals surface area contributed by atoms with E-state index in [1.807, 2.05) is 0 Å². The second kappa shape index (κ2) is 3.75. The van der Waals surface area contributed by atoms with Gasteiger partial charge in [-0.15, -0.1) is 0 Å². The van der Waals surface area contributed by atoms with Crippen LogP contribution in [0.3, 0.4) is 0 Å². The summed E-state index contributed by atoms with van der Waals surface area (Å²) in [5.74, 6) is 3.28. The molecule has 4 bridgehead atoms. The van der Waals surface area contributed by atoms with Gasteiger partial charge in [0, 0.05) is 6.54 Å². The van der Waals surface area contributed by atoms with Crippen LogP contribution in [-0.2, 0) is 9.59 Å². The molecule has 3 saturated carbocycles. The largest absolute Gasteiger partial charge is 0.282 e. The number of fused-ring (bicyclic) bond motifs is 7. The van der Waals surface area contributed by atoms with E-state index in [0.717, 1.165) is 24.8 Å². The first-order chi connectivity index (χ1) is 9.72. The Bertz CT molecular complexity index is 495. The van der Waals surface area contributed by atoms with Crippen LogP contribution < -0.4 is 0 Å². The summed E-state index contributed by atoms with van der Waals surface area (Å²) in [6, 6.07) is 0. The van der Waals surface area contributed by atoms with E-state index in [2.05, 4.69) is 12.2 Å². The van der Waals surface area contributed by atoms with Gasteiger partial charge in [0.2, 0.25) is 11.8 Å². The minimum atomic E-state index is -0.00362. The number of likely N-dealkylation sites (tertiary alicyclic amines) is 1. The van der Waals surface area contributed by atoms with Crippen molar-refractivity contribution in [3.63, 3.8) is 0 Å². The molecule has 0 aromatic carbocycles. The van der Waals surface area contributed by atoms with Gasteiger partial charge >= 0.3 is 0 Å². The topological polar surface area (TPSA) is 37.4 Å². The maximum atomic E-state index is 12.7. The lowest BCUT2D eigenvalue weighted by Crippen LogP contribution is -2.38. The quantitative estimate of drug-likeness (QED) is 0.570. The molecule has 7 unspecified atom stereocenters. The Hall–Kier alpha value is -1.12. The molecule has 1 aliphatic heterocycles. The molecule has 5 rings (SSSR count). The standard InChI is InChI=1S/C17H21NO2/c19-16-14-11-3-4-12(7-11)15(14)17(20)18(16)8-13-6-9-1-2-10(13)5-9/h3-4,9-15H,1-2,5-8H2. The van der Waals surface area contributed by atoms with Gasteiger partial charge in [-0.3, -0.25) is 14.5 Å². The van der Waals surface area contributed by atoms with Crippen molar-refractivity contribution in [1.82, 2.24) is 4.90 Å². The number of nitrogens with zero attached hydrogens (tertiary/aromatic N) is 1. The van der Waals surface area contributed by atoms with Gasteiger partial charge in [0.15, 0.2) is 0 Å². The number of hydrogen-bond donors (Lipinski definition) is 0. The van der Waals surface area contributed by atoms with Crippen LogP contribution in [0.5, 0.6) is 0 Å². The highest BCUT2D eigenvalue weighted by molar-refractivity contribution is 6.06. The van der Waals surface area contributed by atoms with Crippen LogP contribution in [0.25, 0.3) is 0 Å². The summed E-state index contributed by atoms with van der Waals surface area (Å²) in [6.45, 7) is 0.727. The van der Waals surface area contributed by atoms with Crippen molar-refractivity contribution in [2.75, 3.05) is 6.54 Å². The van der Waals surface area contributed by atoms with E-state index in [0.29, 0.717) is 17.8 Å². The second-order valence-electron chi connectivity index (χ2n) is 7.72. The molecule has 4 aliphatic carbocycles. The molecular weight excluding hydrogens is 250 g/mol. The van der Waals surface area contributed by atoms with Gasteiger partial charge in [0.05, 0.1) is 11.8 Å². The number of hydrogen-bond acceptors (Lipinski definition) is 2. The summed E-state index contributed by atoms with van der Waals surface area (Å²) in [7, 11) is 0. The lowest BCUT2D eigenvalue weighted by atomic mass is 9.85. The van der Waals surface area contributed by atoms with Crippen molar-refractivity contribution in [3.8, 4) is 0 Å². The highest BCUT2D eigenvalue weighted by atomic mass is 16.2. The Kier molecular flexibility index (Phi) is 2.16. The molecule has 1 saturated heterocycles. The Morgan fingerprint density at radius 1 is 0.950 bits per heavy atom. The first kappa shape index (κ1) is 11.5. The van der Waals surface area contributed by atoms with Crippen LogP contribution in [0.15, 0.2) is 12.2 Å². The number of allylic oxidation sites excluding steroid dienone is 2. The number of imide groups is 1. The third-order valence-corrected chi connectivity index (χ3v) is 6.86. The molecule has 7 atom stereocenters. The fourth-order valence-corrected chi connectivity index (χ4v) is 5.98. The van der Waals surface area contributed by atoms with Crippen LogP contribution in [0.2, 0.25) is 0 Å². The second-order valence-corrected chi connectivity index (χ2v) is 7.72. The summed E-state index contributed by atoms with van der Waals surface area (Å²) in [5.41, 5.74) is 0. The molecule has 0 radical (unpaired) electrons. The maximum absolute atomic E-state index is 12.7. The maximum Gasteiger partial charge on any atom is 0.233 e. The molecule has 3 nitrogen and oxygen atoms in total. The predicted molar refractivity (Wildman–Crippen MR) is 73.4 cm³/mol. The molecular formula is C17H21NO2. The Morgan fingerprint density at radius 2 is 1.65 bits per heavy atom. The summed E-state index contributed by atoms with van der Waals surface area (Å²) >= 11 is 0. The summed E-state index contributed by atoms with van der Waals surface area (Å²) in [4.78, 5) is 27.0. The number of amides is 2. The van der Waals surface area contributed by atoms with E-state index in [1.165, 1.54) is 25.7 Å². The van der Waals surface area contributed by atoms with E-state index < -0.39 is 0 Å². The average molecular weight is 271 g/mol. The minimum absolute atomic E-state index is 0.00362. The third kappa shape index (κ3) is 1.32. The van der Waals surface area contributed by atoms with E-state index in [1.54, 1.807) is 4.90 Å². The molecule has 0 aromatic rings. The van der Waals surface area contributed by atoms with E-state index in [-0.39, 0.29) is 23.7 Å². The van der Waals surface area contributed by atoms with Crippen molar-refractivity contribution in [1.29, 1.82) is 0 Å². The highest BCUT2D eigenvalue weighted by Gasteiger charge is 2.59. The third-order valence-electron chi connectivity index (χ3n) is 6.86. The first-order valence-corrected chi connectivity index (χ1v) is 8.26. The van der Waals surface area contributed by atoms with E-state index in [4.69, 9.17) is 0 Å². The van der Waals surface area contributed by atoms with E-state index >= 15 is 0 Å². The van der Waals surface area contributed by atoms with Gasteiger partial charge in [-0.05, 0) is 55.3 Å². The highest BCUT2D eigenvalue weighted by Crippen LogP contribution is 2.54. The molecule has 0 spiro atoms. The zero-order valence-electron chi connectivity index (χ0n) is 11.7. The predicted octanol–water partition coefficient (Wildman–Crippen LogP) is 2.23. The molecule has 1 heterocycles. The lowest BCUT2D eigenvalue weighted by Gasteiger charge is -2.26. The zero-order chi connectivity index (χ0) is 13.4. The first-order valence-electron chi connectivity index (χ1n) is 8.26. The van der Waals surface area contributed by atoms with Gasteiger partial charge in [-0.25, -0.2) is 0 Å². The van der Waals surface area contributed by atoms with Gasteiger partial charge in [0.1, 0.15) is 0 Å². The van der Waals surface area contributed by atoms with Crippen LogP contribution >= 0.6 is 0 Å². The van der Waals surface area contributed by atoms with Gasteiger partial charge in [-0.1, -0.05) is 18.6 Å². The Labute approximate surface area is 119 Å². The van der Waals surface area contributed by atoms with Gasteiger partial charge < -0.3 is 0 Å². The van der Waals surface area contributed by atoms with Crippen molar-refractivity contribution >= 4 is 11.8 Å². The van der Waals surface area contributed by atoms with Crippen molar-refractivity contribution < 1.29 is 9.59 Å². The smallest absolute Gasteiger partial charge is 0.233 e. The van der Waals surface area contributed by atoms with E-state index in [9.17, 15) is 9.59 Å². The summed E-state index contributed by atoms with van der Waals surface area (Å²) < 4.78 is 0. The minimum Gasteiger partial charge on any atom is -0.282 e. The van der Waals surface area contributed by atoms with Crippen molar-refractivity contribution in [3.05, 3.63) is 12.2 Å². The fraction of sp³-hybridized carbons (Fsp3) is 0.765. The van der Waals surface area contributed by atoms with Crippen LogP contribution in [0.1, 0.15) is 32.1 Å². The number of carbonyl (C=O) groups is 2. The van der Waals surface area contributed by atoms with Crippen LogP contribution in [0.4, 0.5) is 0 Å². The number of rotatable bonds is 2. The monoisotopic (exact) mass is 271 g/mol. The zero-order valence-corrected chi connectivity index (χ0v) is 11.7. The molecule has 106 valence electrons. The summed E-state index contributed by atoms with van der Waals surface area (Å²) in [6.07, 6.45) is 10.7. The van der Waals surface area contributed by atoms with Crippen LogP contribution in [0, 0.1) is 41.4 Å². The molecule has 0 N–H and O–H groups in total. The molecule has 2 amide bonds. The van der Waals surface area contributed by atoms with Crippen LogP contribution in [-0.4, -0.2) is 23.3 Å². The molecule has 3 heteroatoms. The normalized spacial score (nSPS) is 51.6.